The molecule has 0 spiro atoms. The van der Waals surface area contributed by atoms with Crippen molar-refractivity contribution in [2.75, 3.05) is 5.32 Å². The molecule has 0 bridgehead atoms. The summed E-state index contributed by atoms with van der Waals surface area (Å²) in [6, 6.07) is 8.82. The molecular weight excluding hydrogens is 374 g/mol. The molecule has 0 saturated heterocycles. The Bertz CT molecular complexity index is 1050. The minimum Gasteiger partial charge on any atom is -0.296 e. The maximum absolute atomic E-state index is 12.6. The number of halogens is 1. The largest absolute Gasteiger partial charge is 0.296 e. The Morgan fingerprint density at radius 1 is 1.12 bits per heavy atom. The highest BCUT2D eigenvalue weighted by Gasteiger charge is 2.17. The number of hydrogen-bond donors (Lipinski definition) is 1. The molecule has 4 heterocycles. The lowest BCUT2D eigenvalue weighted by atomic mass is 10.3. The van der Waals surface area contributed by atoms with Crippen LogP contribution in [0.4, 0.5) is 5.13 Å². The van der Waals surface area contributed by atoms with Gasteiger partial charge in [0, 0.05) is 17.8 Å². The number of amides is 1. The van der Waals surface area contributed by atoms with Gasteiger partial charge in [-0.2, -0.15) is 4.68 Å². The van der Waals surface area contributed by atoms with E-state index in [-0.39, 0.29) is 11.6 Å². The minimum atomic E-state index is -0.384. The average Bonchev–Trinajstić information content (AvgIpc) is 3.32. The van der Waals surface area contributed by atoms with Crippen LogP contribution in [0.2, 0.25) is 5.02 Å². The lowest BCUT2D eigenvalue weighted by Crippen LogP contribution is -2.17. The average molecular weight is 384 g/mol. The molecule has 0 aliphatic carbocycles. The summed E-state index contributed by atoms with van der Waals surface area (Å²) in [6.07, 6.45) is 4.54. The van der Waals surface area contributed by atoms with Crippen molar-refractivity contribution in [1.29, 1.82) is 0 Å². The predicted octanol–water partition coefficient (Wildman–Crippen LogP) is 3.09. The van der Waals surface area contributed by atoms with Crippen molar-refractivity contribution >= 4 is 34.0 Å². The molecule has 26 heavy (non-hydrogen) atoms. The third-order valence-electron chi connectivity index (χ3n) is 3.36. The topological polar surface area (TPSA) is 98.5 Å². The van der Waals surface area contributed by atoms with Crippen molar-refractivity contribution in [3.8, 4) is 17.2 Å². The number of carbonyl (C=O) groups is 1. The lowest BCUT2D eigenvalue weighted by molar-refractivity contribution is 0.101. The Kier molecular flexibility index (Phi) is 4.38. The molecule has 4 aromatic rings. The van der Waals surface area contributed by atoms with Gasteiger partial charge in [-0.05, 0) is 24.3 Å². The Morgan fingerprint density at radius 3 is 2.81 bits per heavy atom. The Labute approximate surface area is 156 Å². The lowest BCUT2D eigenvalue weighted by Gasteiger charge is -2.04. The van der Waals surface area contributed by atoms with Crippen molar-refractivity contribution in [3.63, 3.8) is 0 Å². The van der Waals surface area contributed by atoms with Gasteiger partial charge in [-0.3, -0.25) is 15.1 Å². The van der Waals surface area contributed by atoms with Crippen LogP contribution in [0.25, 0.3) is 17.2 Å². The zero-order valence-corrected chi connectivity index (χ0v) is 14.6. The van der Waals surface area contributed by atoms with Crippen molar-refractivity contribution in [1.82, 2.24) is 29.9 Å². The van der Waals surface area contributed by atoms with E-state index in [1.165, 1.54) is 22.2 Å². The van der Waals surface area contributed by atoms with E-state index in [0.717, 1.165) is 0 Å². The molecule has 4 rings (SSSR count). The number of nitrogens with one attached hydrogen (secondary N) is 1. The third kappa shape index (κ3) is 3.30. The fourth-order valence-corrected chi connectivity index (χ4v) is 2.99. The van der Waals surface area contributed by atoms with Crippen LogP contribution in [-0.2, 0) is 0 Å². The first-order valence-electron chi connectivity index (χ1n) is 7.41. The second-order valence-electron chi connectivity index (χ2n) is 5.07. The monoisotopic (exact) mass is 383 g/mol. The summed E-state index contributed by atoms with van der Waals surface area (Å²) < 4.78 is 1.37. The first kappa shape index (κ1) is 16.3. The van der Waals surface area contributed by atoms with Gasteiger partial charge in [0.15, 0.2) is 16.6 Å². The van der Waals surface area contributed by atoms with Gasteiger partial charge in [0.25, 0.3) is 5.91 Å². The smallest absolute Gasteiger partial charge is 0.277 e. The van der Waals surface area contributed by atoms with Gasteiger partial charge in [0.05, 0.1) is 16.9 Å². The van der Waals surface area contributed by atoms with Crippen LogP contribution in [0, 0.1) is 0 Å². The number of anilines is 1. The minimum absolute atomic E-state index is 0.255. The summed E-state index contributed by atoms with van der Waals surface area (Å²) in [4.78, 5) is 25.3. The second-order valence-corrected chi connectivity index (χ2v) is 6.37. The van der Waals surface area contributed by atoms with Crippen LogP contribution in [0.1, 0.15) is 10.5 Å². The van der Waals surface area contributed by atoms with E-state index < -0.39 is 0 Å². The molecule has 0 radical (unpaired) electrons. The fourth-order valence-electron chi connectivity index (χ4n) is 2.18. The standard InChI is InChI=1S/C16H10ClN7OS/c17-10-4-5-11(19-7-10)12-9-26-16(21-12)22-15(25)13-8-20-23-24(13)14-3-1-2-6-18-14/h1-9H,(H,21,22,25). The highest BCUT2D eigenvalue weighted by molar-refractivity contribution is 7.14. The van der Waals surface area contributed by atoms with Gasteiger partial charge >= 0.3 is 0 Å². The zero-order valence-electron chi connectivity index (χ0n) is 13.1. The van der Waals surface area contributed by atoms with Crippen LogP contribution >= 0.6 is 22.9 Å². The van der Waals surface area contributed by atoms with E-state index in [1.807, 2.05) is 0 Å². The molecule has 0 unspecified atom stereocenters. The molecule has 0 fully saturated rings. The molecule has 4 aromatic heterocycles. The Morgan fingerprint density at radius 2 is 2.04 bits per heavy atom. The van der Waals surface area contributed by atoms with E-state index >= 15 is 0 Å². The van der Waals surface area contributed by atoms with Gasteiger partial charge in [-0.15, -0.1) is 16.4 Å². The summed E-state index contributed by atoms with van der Waals surface area (Å²) in [7, 11) is 0. The summed E-state index contributed by atoms with van der Waals surface area (Å²) >= 11 is 7.13. The first-order chi connectivity index (χ1) is 12.7. The van der Waals surface area contributed by atoms with Crippen LogP contribution in [0.5, 0.6) is 0 Å². The summed E-state index contributed by atoms with van der Waals surface area (Å²) in [5.74, 6) is 0.117. The molecule has 128 valence electrons. The van der Waals surface area contributed by atoms with E-state index in [2.05, 4.69) is 30.6 Å². The van der Waals surface area contributed by atoms with Gasteiger partial charge < -0.3 is 0 Å². The van der Waals surface area contributed by atoms with E-state index in [4.69, 9.17) is 11.6 Å². The molecule has 0 aliphatic rings. The highest BCUT2D eigenvalue weighted by Crippen LogP contribution is 2.24. The maximum Gasteiger partial charge on any atom is 0.277 e. The number of carbonyl (C=O) groups excluding carboxylic acids is 1. The molecule has 1 amide bonds. The molecule has 0 saturated carbocycles. The molecule has 10 heteroatoms. The first-order valence-corrected chi connectivity index (χ1v) is 8.67. The number of thiazole rings is 1. The Balaban J connectivity index is 1.55. The molecular formula is C16H10ClN7OS. The number of pyridine rings is 2. The van der Waals surface area contributed by atoms with Gasteiger partial charge in [0.1, 0.15) is 5.69 Å². The van der Waals surface area contributed by atoms with Crippen molar-refractivity contribution in [2.24, 2.45) is 0 Å². The number of aromatic nitrogens is 6. The molecule has 8 nitrogen and oxygen atoms in total. The zero-order chi connectivity index (χ0) is 17.9. The van der Waals surface area contributed by atoms with E-state index in [9.17, 15) is 4.79 Å². The molecule has 0 atom stereocenters. The van der Waals surface area contributed by atoms with Gasteiger partial charge in [0.2, 0.25) is 0 Å². The normalized spacial score (nSPS) is 10.7. The number of hydrogen-bond acceptors (Lipinski definition) is 7. The predicted molar refractivity (Wildman–Crippen MR) is 97.5 cm³/mol. The van der Waals surface area contributed by atoms with Gasteiger partial charge in [-0.1, -0.05) is 22.9 Å². The van der Waals surface area contributed by atoms with E-state index in [1.54, 1.807) is 48.1 Å². The van der Waals surface area contributed by atoms with Gasteiger partial charge in [-0.25, -0.2) is 9.97 Å². The fraction of sp³-hybridized carbons (Fsp3) is 0. The van der Waals surface area contributed by atoms with Crippen LogP contribution in [0.3, 0.4) is 0 Å². The quantitative estimate of drug-likeness (QED) is 0.581. The van der Waals surface area contributed by atoms with Crippen LogP contribution in [-0.4, -0.2) is 35.9 Å². The van der Waals surface area contributed by atoms with Crippen molar-refractivity contribution in [2.45, 2.75) is 0 Å². The molecule has 0 aliphatic heterocycles. The number of rotatable bonds is 4. The highest BCUT2D eigenvalue weighted by atomic mass is 35.5. The third-order valence-corrected chi connectivity index (χ3v) is 4.34. The van der Waals surface area contributed by atoms with Crippen molar-refractivity contribution < 1.29 is 4.79 Å². The maximum atomic E-state index is 12.6. The van der Waals surface area contributed by atoms with E-state index in [0.29, 0.717) is 27.4 Å². The number of nitrogens with zero attached hydrogens (tertiary/aromatic N) is 6. The summed E-state index contributed by atoms with van der Waals surface area (Å²) in [5.41, 5.74) is 1.58. The van der Waals surface area contributed by atoms with Crippen LogP contribution < -0.4 is 5.32 Å². The van der Waals surface area contributed by atoms with Crippen molar-refractivity contribution in [3.05, 3.63) is 65.0 Å². The second kappa shape index (κ2) is 6.98. The SMILES string of the molecule is O=C(Nc1nc(-c2ccc(Cl)cn2)cs1)c1cnnn1-c1ccccn1. The molecule has 1 N–H and O–H groups in total. The summed E-state index contributed by atoms with van der Waals surface area (Å²) in [5, 5.41) is 13.2. The van der Waals surface area contributed by atoms with Crippen LogP contribution in [0.15, 0.2) is 54.3 Å². The Hall–Kier alpha value is -3.17. The molecule has 0 aromatic carbocycles. The summed E-state index contributed by atoms with van der Waals surface area (Å²) in [6.45, 7) is 0.